The molecule has 5 heteroatoms. The van der Waals surface area contributed by atoms with Crippen LogP contribution in [0.5, 0.6) is 0 Å². The third-order valence-electron chi connectivity index (χ3n) is 2.94. The topological polar surface area (TPSA) is 90.4 Å². The summed E-state index contributed by atoms with van der Waals surface area (Å²) in [6.07, 6.45) is 1.07. The van der Waals surface area contributed by atoms with E-state index in [1.54, 1.807) is 12.1 Å². The molecule has 1 atom stereocenters. The largest absolute Gasteiger partial charge is 0.398 e. The molecule has 0 spiro atoms. The van der Waals surface area contributed by atoms with Crippen molar-refractivity contribution in [2.45, 2.75) is 6.42 Å². The van der Waals surface area contributed by atoms with Crippen molar-refractivity contribution in [3.8, 4) is 0 Å². The monoisotopic (exact) mass is 235 g/mol. The molecule has 1 fully saturated rings. The lowest BCUT2D eigenvalue weighted by atomic mass is 10.1. The van der Waals surface area contributed by atoms with Gasteiger partial charge in [0.1, 0.15) is 0 Å². The zero-order chi connectivity index (χ0) is 12.3. The summed E-state index contributed by atoms with van der Waals surface area (Å²) < 4.78 is 5.29. The quantitative estimate of drug-likeness (QED) is 0.674. The smallest absolute Gasteiger partial charge is 0.250 e. The Morgan fingerprint density at radius 3 is 3.00 bits per heavy atom. The van der Waals surface area contributed by atoms with Gasteiger partial charge in [-0.1, -0.05) is 0 Å². The summed E-state index contributed by atoms with van der Waals surface area (Å²) in [5, 5.41) is 3.27. The molecule has 1 saturated heterocycles. The molecule has 1 aromatic carbocycles. The minimum Gasteiger partial charge on any atom is -0.398 e. The summed E-state index contributed by atoms with van der Waals surface area (Å²) in [5.41, 5.74) is 12.5. The van der Waals surface area contributed by atoms with Crippen LogP contribution >= 0.6 is 0 Å². The first-order chi connectivity index (χ1) is 8.16. The molecule has 0 aliphatic carbocycles. The lowest BCUT2D eigenvalue weighted by Crippen LogP contribution is -2.16. The van der Waals surface area contributed by atoms with Gasteiger partial charge in [0.25, 0.3) is 5.91 Å². The maximum atomic E-state index is 11.1. The van der Waals surface area contributed by atoms with Crippen LogP contribution in [0.4, 0.5) is 11.4 Å². The number of amides is 1. The van der Waals surface area contributed by atoms with Crippen molar-refractivity contribution in [1.82, 2.24) is 0 Å². The number of nitrogen functional groups attached to an aromatic ring is 1. The molecule has 0 saturated carbocycles. The van der Waals surface area contributed by atoms with Crippen molar-refractivity contribution in [2.24, 2.45) is 11.7 Å². The Morgan fingerprint density at radius 1 is 1.53 bits per heavy atom. The highest BCUT2D eigenvalue weighted by atomic mass is 16.5. The van der Waals surface area contributed by atoms with Gasteiger partial charge >= 0.3 is 0 Å². The number of carbonyl (C=O) groups is 1. The van der Waals surface area contributed by atoms with Crippen molar-refractivity contribution in [3.05, 3.63) is 23.8 Å². The lowest BCUT2D eigenvalue weighted by molar-refractivity contribution is 0.100. The van der Waals surface area contributed by atoms with Crippen molar-refractivity contribution in [1.29, 1.82) is 0 Å². The van der Waals surface area contributed by atoms with Gasteiger partial charge in [-0.25, -0.2) is 0 Å². The van der Waals surface area contributed by atoms with Gasteiger partial charge in [0.2, 0.25) is 0 Å². The van der Waals surface area contributed by atoms with Crippen molar-refractivity contribution in [3.63, 3.8) is 0 Å². The highest BCUT2D eigenvalue weighted by molar-refractivity contribution is 5.98. The molecular formula is C12H17N3O2. The molecule has 1 amide bonds. The average Bonchev–Trinajstić information content (AvgIpc) is 2.80. The molecule has 1 unspecified atom stereocenters. The Labute approximate surface area is 100 Å². The number of ether oxygens (including phenoxy) is 1. The highest BCUT2D eigenvalue weighted by Crippen LogP contribution is 2.19. The summed E-state index contributed by atoms with van der Waals surface area (Å²) in [4.78, 5) is 11.1. The second kappa shape index (κ2) is 5.05. The molecule has 1 aromatic rings. The Morgan fingerprint density at radius 2 is 2.35 bits per heavy atom. The van der Waals surface area contributed by atoms with Gasteiger partial charge in [-0.05, 0) is 24.6 Å². The molecule has 1 aliphatic heterocycles. The molecule has 17 heavy (non-hydrogen) atoms. The first-order valence-electron chi connectivity index (χ1n) is 5.68. The van der Waals surface area contributed by atoms with Crippen LogP contribution in [-0.2, 0) is 4.74 Å². The SMILES string of the molecule is NC(=O)c1cc(NCC2CCOC2)ccc1N. The number of hydrogen-bond acceptors (Lipinski definition) is 4. The van der Waals surface area contributed by atoms with E-state index in [1.807, 2.05) is 6.07 Å². The van der Waals surface area contributed by atoms with Crippen LogP contribution in [0.2, 0.25) is 0 Å². The normalized spacial score (nSPS) is 19.2. The standard InChI is InChI=1S/C12H17N3O2/c13-11-2-1-9(5-10(11)12(14)16)15-6-8-3-4-17-7-8/h1-2,5,8,15H,3-4,6-7,13H2,(H2,14,16). The summed E-state index contributed by atoms with van der Waals surface area (Å²) in [6, 6.07) is 5.22. The fraction of sp³-hybridized carbons (Fsp3) is 0.417. The second-order valence-electron chi connectivity index (χ2n) is 4.28. The second-order valence-corrected chi connectivity index (χ2v) is 4.28. The van der Waals surface area contributed by atoms with Crippen LogP contribution in [0, 0.1) is 5.92 Å². The van der Waals surface area contributed by atoms with E-state index in [-0.39, 0.29) is 0 Å². The number of primary amides is 1. The van der Waals surface area contributed by atoms with Gasteiger partial charge in [0, 0.05) is 30.4 Å². The molecule has 92 valence electrons. The molecule has 0 radical (unpaired) electrons. The summed E-state index contributed by atoms with van der Waals surface area (Å²) >= 11 is 0. The van der Waals surface area contributed by atoms with E-state index in [0.29, 0.717) is 17.2 Å². The molecule has 1 heterocycles. The van der Waals surface area contributed by atoms with Crippen molar-refractivity contribution in [2.75, 3.05) is 30.8 Å². The van der Waals surface area contributed by atoms with Crippen molar-refractivity contribution < 1.29 is 9.53 Å². The molecular weight excluding hydrogens is 218 g/mol. The van der Waals surface area contributed by atoms with Crippen LogP contribution in [-0.4, -0.2) is 25.7 Å². The molecule has 1 aliphatic rings. The summed E-state index contributed by atoms with van der Waals surface area (Å²) in [7, 11) is 0. The number of anilines is 2. The van der Waals surface area contributed by atoms with Crippen LogP contribution in [0.1, 0.15) is 16.8 Å². The Bertz CT molecular complexity index is 414. The highest BCUT2D eigenvalue weighted by Gasteiger charge is 2.15. The van der Waals surface area contributed by atoms with E-state index >= 15 is 0 Å². The third-order valence-corrected chi connectivity index (χ3v) is 2.94. The maximum Gasteiger partial charge on any atom is 0.250 e. The fourth-order valence-electron chi connectivity index (χ4n) is 1.89. The predicted octanol–water partition coefficient (Wildman–Crippen LogP) is 0.816. The van der Waals surface area contributed by atoms with Crippen LogP contribution in [0.3, 0.4) is 0 Å². The average molecular weight is 235 g/mol. The van der Waals surface area contributed by atoms with Crippen LogP contribution in [0.15, 0.2) is 18.2 Å². The van der Waals surface area contributed by atoms with Gasteiger partial charge in [-0.3, -0.25) is 4.79 Å². The first kappa shape index (κ1) is 11.7. The Kier molecular flexibility index (Phi) is 3.49. The number of carbonyl (C=O) groups excluding carboxylic acids is 1. The molecule has 5 N–H and O–H groups in total. The van der Waals surface area contributed by atoms with Crippen LogP contribution < -0.4 is 16.8 Å². The van der Waals surface area contributed by atoms with Gasteiger partial charge in [-0.2, -0.15) is 0 Å². The van der Waals surface area contributed by atoms with Gasteiger partial charge < -0.3 is 21.5 Å². The fourth-order valence-corrected chi connectivity index (χ4v) is 1.89. The van der Waals surface area contributed by atoms with Gasteiger partial charge in [0.05, 0.1) is 12.2 Å². The zero-order valence-corrected chi connectivity index (χ0v) is 9.61. The number of nitrogens with two attached hydrogens (primary N) is 2. The van der Waals surface area contributed by atoms with E-state index in [9.17, 15) is 4.79 Å². The molecule has 5 nitrogen and oxygen atoms in total. The van der Waals surface area contributed by atoms with Gasteiger partial charge in [-0.15, -0.1) is 0 Å². The number of benzene rings is 1. The number of hydrogen-bond donors (Lipinski definition) is 3. The summed E-state index contributed by atoms with van der Waals surface area (Å²) in [6.45, 7) is 2.47. The third kappa shape index (κ3) is 2.88. The van der Waals surface area contributed by atoms with E-state index in [1.165, 1.54) is 0 Å². The molecule has 0 bridgehead atoms. The number of rotatable bonds is 4. The minimum absolute atomic E-state index is 0.359. The first-order valence-corrected chi connectivity index (χ1v) is 5.68. The molecule has 0 aromatic heterocycles. The maximum absolute atomic E-state index is 11.1. The Hall–Kier alpha value is -1.75. The molecule has 2 rings (SSSR count). The van der Waals surface area contributed by atoms with E-state index in [2.05, 4.69) is 5.32 Å². The minimum atomic E-state index is -0.504. The zero-order valence-electron chi connectivity index (χ0n) is 9.61. The van der Waals surface area contributed by atoms with Crippen LogP contribution in [0.25, 0.3) is 0 Å². The van der Waals surface area contributed by atoms with E-state index in [4.69, 9.17) is 16.2 Å². The van der Waals surface area contributed by atoms with E-state index in [0.717, 1.165) is 31.9 Å². The Balaban J connectivity index is 2.00. The summed E-state index contributed by atoms with van der Waals surface area (Å²) in [5.74, 6) is 0.0277. The predicted molar refractivity (Wildman–Crippen MR) is 66.8 cm³/mol. The van der Waals surface area contributed by atoms with E-state index < -0.39 is 5.91 Å². The number of nitrogens with one attached hydrogen (secondary N) is 1. The van der Waals surface area contributed by atoms with Gasteiger partial charge in [0.15, 0.2) is 0 Å². The van der Waals surface area contributed by atoms with Crippen molar-refractivity contribution >= 4 is 17.3 Å². The lowest BCUT2D eigenvalue weighted by Gasteiger charge is -2.12.